The van der Waals surface area contributed by atoms with E-state index in [9.17, 15) is 4.21 Å². The molecule has 0 heterocycles. The van der Waals surface area contributed by atoms with Gasteiger partial charge in [-0.2, -0.15) is 0 Å². The molecule has 1 N–H and O–H groups in total. The summed E-state index contributed by atoms with van der Waals surface area (Å²) < 4.78 is 23.4. The van der Waals surface area contributed by atoms with E-state index in [1.54, 1.807) is 14.0 Å². The zero-order chi connectivity index (χ0) is 7.28. The van der Waals surface area contributed by atoms with Crippen LogP contribution in [0.15, 0.2) is 0 Å². The number of methoxy groups -OCH3 is 1. The Morgan fingerprint density at radius 2 is 2.33 bits per heavy atom. The summed E-state index contributed by atoms with van der Waals surface area (Å²) in [5.41, 5.74) is 0. The molecule has 0 aromatic carbocycles. The van der Waals surface area contributed by atoms with Crippen LogP contribution in [0.1, 0.15) is 13.3 Å². The molecule has 0 aliphatic heterocycles. The molecule has 0 aliphatic rings. The minimum Gasteiger partial charge on any atom is -0.385 e. The Hall–Kier alpha value is 0.0700. The zero-order valence-corrected chi connectivity index (χ0v) is 6.48. The summed E-state index contributed by atoms with van der Waals surface area (Å²) in [5.74, 6) is 0. The third-order valence-corrected chi connectivity index (χ3v) is 2.00. The van der Waals surface area contributed by atoms with Gasteiger partial charge in [0.05, 0.1) is 5.25 Å². The van der Waals surface area contributed by atoms with Gasteiger partial charge in [-0.25, -0.2) is 4.21 Å². The Balaban J connectivity index is 3.27. The predicted molar refractivity (Wildman–Crippen MR) is 36.7 cm³/mol. The van der Waals surface area contributed by atoms with Crippen LogP contribution in [0.4, 0.5) is 0 Å². The lowest BCUT2D eigenvalue weighted by Gasteiger charge is -2.03. The maximum Gasteiger partial charge on any atom is 0.155 e. The lowest BCUT2D eigenvalue weighted by molar-refractivity contribution is 0.194. The van der Waals surface area contributed by atoms with Crippen LogP contribution in [0.25, 0.3) is 0 Å². The van der Waals surface area contributed by atoms with Gasteiger partial charge in [0.1, 0.15) is 0 Å². The van der Waals surface area contributed by atoms with Gasteiger partial charge in [-0.15, -0.1) is 0 Å². The number of rotatable bonds is 4. The molecule has 0 rings (SSSR count). The number of hydrogen-bond acceptors (Lipinski definition) is 2. The van der Waals surface area contributed by atoms with Gasteiger partial charge in [0.2, 0.25) is 0 Å². The smallest absolute Gasteiger partial charge is 0.155 e. The molecule has 0 amide bonds. The minimum absolute atomic E-state index is 0.176. The first kappa shape index (κ1) is 9.07. The van der Waals surface area contributed by atoms with Crippen molar-refractivity contribution < 1.29 is 13.5 Å². The van der Waals surface area contributed by atoms with E-state index >= 15 is 0 Å². The fraction of sp³-hybridized carbons (Fsp3) is 1.00. The van der Waals surface area contributed by atoms with Crippen molar-refractivity contribution in [1.82, 2.24) is 0 Å². The lowest BCUT2D eigenvalue weighted by Crippen LogP contribution is -2.11. The molecule has 0 radical (unpaired) electrons. The van der Waals surface area contributed by atoms with Crippen molar-refractivity contribution in [1.29, 1.82) is 0 Å². The van der Waals surface area contributed by atoms with Crippen LogP contribution in [0, 0.1) is 0 Å². The maximum absolute atomic E-state index is 10.3. The topological polar surface area (TPSA) is 46.5 Å². The Morgan fingerprint density at radius 1 is 1.78 bits per heavy atom. The molecule has 56 valence electrons. The molecule has 0 saturated heterocycles. The Bertz CT molecular complexity index is 94.2. The van der Waals surface area contributed by atoms with Gasteiger partial charge in [0, 0.05) is 13.7 Å². The quantitative estimate of drug-likeness (QED) is 0.601. The highest BCUT2D eigenvalue weighted by Gasteiger charge is 2.06. The van der Waals surface area contributed by atoms with Crippen LogP contribution >= 0.6 is 0 Å². The standard InChI is InChI=1S/C5H12O3S/c1-5(9(6)7)3-4-8-2/h5H,3-4H2,1-2H3,(H,6,7). The van der Waals surface area contributed by atoms with Crippen molar-refractivity contribution in [2.45, 2.75) is 18.6 Å². The molecule has 3 nitrogen and oxygen atoms in total. The second kappa shape index (κ2) is 4.90. The van der Waals surface area contributed by atoms with Crippen molar-refractivity contribution >= 4 is 11.1 Å². The van der Waals surface area contributed by atoms with Gasteiger partial charge < -0.3 is 9.29 Å². The average molecular weight is 152 g/mol. The molecule has 0 saturated carbocycles. The van der Waals surface area contributed by atoms with E-state index in [4.69, 9.17) is 9.29 Å². The fourth-order valence-electron chi connectivity index (χ4n) is 0.385. The summed E-state index contributed by atoms with van der Waals surface area (Å²) in [6.45, 7) is 2.27. The van der Waals surface area contributed by atoms with Crippen molar-refractivity contribution in [3.05, 3.63) is 0 Å². The average Bonchev–Trinajstić information content (AvgIpc) is 1.82. The van der Waals surface area contributed by atoms with E-state index in [-0.39, 0.29) is 5.25 Å². The first-order chi connectivity index (χ1) is 4.18. The molecular formula is C5H12O3S. The van der Waals surface area contributed by atoms with E-state index in [1.165, 1.54) is 0 Å². The molecule has 4 heteroatoms. The summed E-state index contributed by atoms with van der Waals surface area (Å²) in [6.07, 6.45) is 0.639. The number of ether oxygens (including phenoxy) is 1. The third-order valence-electron chi connectivity index (χ3n) is 1.07. The van der Waals surface area contributed by atoms with Crippen LogP contribution < -0.4 is 0 Å². The zero-order valence-electron chi connectivity index (χ0n) is 5.66. The van der Waals surface area contributed by atoms with Crippen molar-refractivity contribution in [2.75, 3.05) is 13.7 Å². The van der Waals surface area contributed by atoms with Gasteiger partial charge >= 0.3 is 0 Å². The van der Waals surface area contributed by atoms with Crippen LogP contribution in [0.5, 0.6) is 0 Å². The molecular weight excluding hydrogens is 140 g/mol. The lowest BCUT2D eigenvalue weighted by atomic mass is 10.3. The van der Waals surface area contributed by atoms with E-state index < -0.39 is 11.1 Å². The predicted octanol–water partition coefficient (Wildman–Crippen LogP) is 0.633. The molecule has 0 spiro atoms. The van der Waals surface area contributed by atoms with E-state index in [2.05, 4.69) is 0 Å². The second-order valence-corrected chi connectivity index (χ2v) is 3.23. The van der Waals surface area contributed by atoms with Crippen LogP contribution in [-0.4, -0.2) is 27.7 Å². The molecule has 0 bridgehead atoms. The highest BCUT2D eigenvalue weighted by molar-refractivity contribution is 7.79. The summed E-state index contributed by atoms with van der Waals surface area (Å²) in [4.78, 5) is 0. The molecule has 0 aromatic heterocycles. The molecule has 2 unspecified atom stereocenters. The van der Waals surface area contributed by atoms with Crippen LogP contribution in [0.2, 0.25) is 0 Å². The molecule has 9 heavy (non-hydrogen) atoms. The molecule has 0 fully saturated rings. The van der Waals surface area contributed by atoms with Crippen LogP contribution in [-0.2, 0) is 15.8 Å². The minimum atomic E-state index is -1.69. The van der Waals surface area contributed by atoms with Crippen molar-refractivity contribution in [2.24, 2.45) is 0 Å². The van der Waals surface area contributed by atoms with Crippen molar-refractivity contribution in [3.63, 3.8) is 0 Å². The Labute approximate surface area is 57.7 Å². The first-order valence-corrected chi connectivity index (χ1v) is 3.94. The second-order valence-electron chi connectivity index (χ2n) is 1.87. The van der Waals surface area contributed by atoms with Crippen LogP contribution in [0.3, 0.4) is 0 Å². The summed E-state index contributed by atoms with van der Waals surface area (Å²) in [6, 6.07) is 0. The normalized spacial score (nSPS) is 17.2. The maximum atomic E-state index is 10.3. The summed E-state index contributed by atoms with van der Waals surface area (Å²) >= 11 is -1.69. The summed E-state index contributed by atoms with van der Waals surface area (Å²) in [7, 11) is 1.58. The van der Waals surface area contributed by atoms with E-state index in [0.717, 1.165) is 0 Å². The molecule has 0 aliphatic carbocycles. The van der Waals surface area contributed by atoms with Gasteiger partial charge in [-0.1, -0.05) is 0 Å². The van der Waals surface area contributed by atoms with Crippen molar-refractivity contribution in [3.8, 4) is 0 Å². The molecule has 0 aromatic rings. The van der Waals surface area contributed by atoms with Gasteiger partial charge in [-0.05, 0) is 13.3 Å². The van der Waals surface area contributed by atoms with E-state index in [1.807, 2.05) is 0 Å². The third kappa shape index (κ3) is 4.57. The highest BCUT2D eigenvalue weighted by atomic mass is 32.2. The van der Waals surface area contributed by atoms with Gasteiger partial charge in [0.25, 0.3) is 0 Å². The SMILES string of the molecule is COCCC(C)S(=O)O. The summed E-state index contributed by atoms with van der Waals surface area (Å²) in [5, 5.41) is -0.176. The monoisotopic (exact) mass is 152 g/mol. The molecule has 2 atom stereocenters. The highest BCUT2D eigenvalue weighted by Crippen LogP contribution is 1.97. The largest absolute Gasteiger partial charge is 0.385 e. The Kier molecular flexibility index (Phi) is 4.94. The fourth-order valence-corrected chi connectivity index (χ4v) is 0.682. The van der Waals surface area contributed by atoms with Gasteiger partial charge in [-0.3, -0.25) is 0 Å². The Morgan fingerprint density at radius 3 is 2.67 bits per heavy atom. The number of hydrogen-bond donors (Lipinski definition) is 1. The van der Waals surface area contributed by atoms with Gasteiger partial charge in [0.15, 0.2) is 11.1 Å². The van der Waals surface area contributed by atoms with E-state index in [0.29, 0.717) is 13.0 Å². The first-order valence-electron chi connectivity index (χ1n) is 2.77.